The number of aliphatic carboxylic acids is 1. The quantitative estimate of drug-likeness (QED) is 0.797. The fourth-order valence-corrected chi connectivity index (χ4v) is 2.21. The normalized spacial score (nSPS) is 14.1. The summed E-state index contributed by atoms with van der Waals surface area (Å²) in [6, 6.07) is 3.60. The summed E-state index contributed by atoms with van der Waals surface area (Å²) in [7, 11) is 1.59. The molecule has 0 radical (unpaired) electrons. The molecule has 2 rings (SSSR count). The van der Waals surface area contributed by atoms with Gasteiger partial charge in [0.25, 0.3) is 0 Å². The maximum atomic E-state index is 10.5. The molecular weight excluding hydrogens is 280 g/mol. The van der Waals surface area contributed by atoms with Gasteiger partial charge in [-0.15, -0.1) is 0 Å². The second-order valence-electron chi connectivity index (χ2n) is 5.10. The van der Waals surface area contributed by atoms with Crippen LogP contribution in [0.5, 0.6) is 11.5 Å². The molecule has 0 aromatic heterocycles. The van der Waals surface area contributed by atoms with Crippen LogP contribution in [0.2, 0.25) is 5.02 Å². The number of rotatable bonds is 8. The topological polar surface area (TPSA) is 55.8 Å². The van der Waals surface area contributed by atoms with E-state index in [0.29, 0.717) is 41.9 Å². The van der Waals surface area contributed by atoms with Crippen LogP contribution in [0.25, 0.3) is 0 Å². The molecule has 0 saturated heterocycles. The van der Waals surface area contributed by atoms with E-state index in [4.69, 9.17) is 26.2 Å². The standard InChI is InChI=1S/C15H19ClO4/c1-19-13-7-11(3-2-4-15(17)18)12(16)8-14(13)20-9-10-5-6-10/h7-8,10H,2-6,9H2,1H3,(H,17,18). The Hall–Kier alpha value is -1.42. The predicted molar refractivity (Wildman–Crippen MR) is 76.8 cm³/mol. The van der Waals surface area contributed by atoms with Crippen molar-refractivity contribution in [3.63, 3.8) is 0 Å². The van der Waals surface area contributed by atoms with Gasteiger partial charge in [-0.25, -0.2) is 0 Å². The minimum absolute atomic E-state index is 0.137. The molecule has 1 aliphatic rings. The van der Waals surface area contributed by atoms with E-state index in [9.17, 15) is 4.79 Å². The molecule has 4 nitrogen and oxygen atoms in total. The molecule has 0 bridgehead atoms. The lowest BCUT2D eigenvalue weighted by atomic mass is 10.1. The lowest BCUT2D eigenvalue weighted by molar-refractivity contribution is -0.137. The van der Waals surface area contributed by atoms with Crippen LogP contribution in [0.4, 0.5) is 0 Å². The summed E-state index contributed by atoms with van der Waals surface area (Å²) in [5.74, 6) is 1.18. The maximum Gasteiger partial charge on any atom is 0.303 e. The molecule has 0 amide bonds. The maximum absolute atomic E-state index is 10.5. The molecule has 0 atom stereocenters. The summed E-state index contributed by atoms with van der Waals surface area (Å²) in [5, 5.41) is 9.25. The summed E-state index contributed by atoms with van der Waals surface area (Å²) >= 11 is 6.22. The first-order valence-corrected chi connectivity index (χ1v) is 7.19. The summed E-state index contributed by atoms with van der Waals surface area (Å²) in [4.78, 5) is 10.5. The van der Waals surface area contributed by atoms with Crippen LogP contribution in [-0.4, -0.2) is 24.8 Å². The van der Waals surface area contributed by atoms with E-state index in [-0.39, 0.29) is 6.42 Å². The molecular formula is C15H19ClO4. The number of aryl methyl sites for hydroxylation is 1. The van der Waals surface area contributed by atoms with Gasteiger partial charge in [0.1, 0.15) is 0 Å². The number of carboxylic acids is 1. The van der Waals surface area contributed by atoms with E-state index in [1.54, 1.807) is 13.2 Å². The summed E-state index contributed by atoms with van der Waals surface area (Å²) < 4.78 is 11.0. The highest BCUT2D eigenvalue weighted by Crippen LogP contribution is 2.36. The van der Waals surface area contributed by atoms with Gasteiger partial charge in [0.15, 0.2) is 11.5 Å². The second kappa shape index (κ2) is 6.84. The Morgan fingerprint density at radius 3 is 2.75 bits per heavy atom. The van der Waals surface area contributed by atoms with E-state index in [1.165, 1.54) is 12.8 Å². The number of methoxy groups -OCH3 is 1. The van der Waals surface area contributed by atoms with Crippen molar-refractivity contribution in [3.05, 3.63) is 22.7 Å². The molecule has 1 fully saturated rings. The Morgan fingerprint density at radius 1 is 1.40 bits per heavy atom. The van der Waals surface area contributed by atoms with Gasteiger partial charge >= 0.3 is 5.97 Å². The van der Waals surface area contributed by atoms with Gasteiger partial charge in [-0.3, -0.25) is 4.79 Å². The number of ether oxygens (including phenoxy) is 2. The number of halogens is 1. The summed E-state index contributed by atoms with van der Waals surface area (Å²) in [6.07, 6.45) is 3.76. The van der Waals surface area contributed by atoms with Gasteiger partial charge in [-0.05, 0) is 43.2 Å². The average molecular weight is 299 g/mol. The largest absolute Gasteiger partial charge is 0.493 e. The van der Waals surface area contributed by atoms with Crippen LogP contribution in [-0.2, 0) is 11.2 Å². The molecule has 1 aromatic rings. The SMILES string of the molecule is COc1cc(CCCC(=O)O)c(Cl)cc1OCC1CC1. The zero-order chi connectivity index (χ0) is 14.5. The van der Waals surface area contributed by atoms with Crippen molar-refractivity contribution in [3.8, 4) is 11.5 Å². The molecule has 1 saturated carbocycles. The third kappa shape index (κ3) is 4.30. The van der Waals surface area contributed by atoms with Crippen molar-refractivity contribution in [1.82, 2.24) is 0 Å². The lowest BCUT2D eigenvalue weighted by Crippen LogP contribution is -2.02. The first-order valence-electron chi connectivity index (χ1n) is 6.81. The third-order valence-electron chi connectivity index (χ3n) is 3.34. The zero-order valence-electron chi connectivity index (χ0n) is 11.5. The van der Waals surface area contributed by atoms with Crippen molar-refractivity contribution in [1.29, 1.82) is 0 Å². The van der Waals surface area contributed by atoms with Gasteiger partial charge < -0.3 is 14.6 Å². The molecule has 0 heterocycles. The molecule has 1 aliphatic carbocycles. The van der Waals surface area contributed by atoms with E-state index in [1.807, 2.05) is 6.07 Å². The smallest absolute Gasteiger partial charge is 0.303 e. The van der Waals surface area contributed by atoms with Gasteiger partial charge in [0.05, 0.1) is 13.7 Å². The molecule has 110 valence electrons. The number of hydrogen-bond acceptors (Lipinski definition) is 3. The highest BCUT2D eigenvalue weighted by Gasteiger charge is 2.23. The molecule has 5 heteroatoms. The van der Waals surface area contributed by atoms with Crippen molar-refractivity contribution in [2.75, 3.05) is 13.7 Å². The summed E-state index contributed by atoms with van der Waals surface area (Å²) in [5.41, 5.74) is 0.892. The predicted octanol–water partition coefficient (Wildman–Crippen LogP) is 3.54. The Labute approximate surface area is 123 Å². The van der Waals surface area contributed by atoms with Crippen LogP contribution >= 0.6 is 11.6 Å². The van der Waals surface area contributed by atoms with Gasteiger partial charge in [-0.2, -0.15) is 0 Å². The second-order valence-corrected chi connectivity index (χ2v) is 5.50. The van der Waals surface area contributed by atoms with Gasteiger partial charge in [0.2, 0.25) is 0 Å². The van der Waals surface area contributed by atoms with Crippen LogP contribution < -0.4 is 9.47 Å². The molecule has 0 unspecified atom stereocenters. The van der Waals surface area contributed by atoms with Crippen molar-refractivity contribution >= 4 is 17.6 Å². The fraction of sp³-hybridized carbons (Fsp3) is 0.533. The van der Waals surface area contributed by atoms with Crippen LogP contribution in [0.15, 0.2) is 12.1 Å². The Kier molecular flexibility index (Phi) is 5.12. The Bertz CT molecular complexity index is 483. The van der Waals surface area contributed by atoms with Crippen molar-refractivity contribution in [2.24, 2.45) is 5.92 Å². The molecule has 20 heavy (non-hydrogen) atoms. The van der Waals surface area contributed by atoms with E-state index in [2.05, 4.69) is 0 Å². The first-order chi connectivity index (χ1) is 9.60. The van der Waals surface area contributed by atoms with Crippen molar-refractivity contribution in [2.45, 2.75) is 32.1 Å². The zero-order valence-corrected chi connectivity index (χ0v) is 12.3. The average Bonchev–Trinajstić information content (AvgIpc) is 3.22. The lowest BCUT2D eigenvalue weighted by Gasteiger charge is -2.13. The Balaban J connectivity index is 2.02. The number of benzene rings is 1. The van der Waals surface area contributed by atoms with Crippen molar-refractivity contribution < 1.29 is 19.4 Å². The monoisotopic (exact) mass is 298 g/mol. The Morgan fingerprint density at radius 2 is 2.15 bits per heavy atom. The van der Waals surface area contributed by atoms with Crippen LogP contribution in [0.3, 0.4) is 0 Å². The minimum Gasteiger partial charge on any atom is -0.493 e. The van der Waals surface area contributed by atoms with Gasteiger partial charge in [0, 0.05) is 17.5 Å². The highest BCUT2D eigenvalue weighted by atomic mass is 35.5. The van der Waals surface area contributed by atoms with E-state index in [0.717, 1.165) is 5.56 Å². The van der Waals surface area contributed by atoms with Crippen LogP contribution in [0, 0.1) is 5.92 Å². The third-order valence-corrected chi connectivity index (χ3v) is 3.69. The van der Waals surface area contributed by atoms with Crippen LogP contribution in [0.1, 0.15) is 31.2 Å². The molecule has 1 aromatic carbocycles. The highest BCUT2D eigenvalue weighted by molar-refractivity contribution is 6.31. The number of hydrogen-bond donors (Lipinski definition) is 1. The fourth-order valence-electron chi connectivity index (χ4n) is 1.96. The molecule has 0 spiro atoms. The van der Waals surface area contributed by atoms with Gasteiger partial charge in [-0.1, -0.05) is 11.6 Å². The van der Waals surface area contributed by atoms with E-state index < -0.39 is 5.97 Å². The number of carbonyl (C=O) groups is 1. The van der Waals surface area contributed by atoms with E-state index >= 15 is 0 Å². The minimum atomic E-state index is -0.794. The molecule has 0 aliphatic heterocycles. The number of carboxylic acid groups (broad SMARTS) is 1. The molecule has 1 N–H and O–H groups in total. The first kappa shape index (κ1) is 15.0. The summed E-state index contributed by atoms with van der Waals surface area (Å²) in [6.45, 7) is 0.699.